The van der Waals surface area contributed by atoms with Crippen LogP contribution in [0.25, 0.3) is 11.3 Å². The Hall–Kier alpha value is -3.40. The van der Waals surface area contributed by atoms with Gasteiger partial charge in [0, 0.05) is 29.9 Å². The molecule has 3 aromatic rings. The highest BCUT2D eigenvalue weighted by atomic mass is 16.5. The minimum absolute atomic E-state index is 0.522. The molecule has 0 saturated carbocycles. The molecular formula is C21H19N3O. The van der Waals surface area contributed by atoms with Crippen LogP contribution in [-0.4, -0.2) is 11.2 Å². The van der Waals surface area contributed by atoms with Crippen molar-refractivity contribution in [2.24, 2.45) is 5.73 Å². The van der Waals surface area contributed by atoms with Crippen LogP contribution in [-0.2, 0) is 6.61 Å². The molecule has 0 aliphatic heterocycles. The molecule has 1 aromatic heterocycles. The van der Waals surface area contributed by atoms with E-state index in [0.717, 1.165) is 22.4 Å². The zero-order valence-electron chi connectivity index (χ0n) is 13.7. The third kappa shape index (κ3) is 4.12. The van der Waals surface area contributed by atoms with Gasteiger partial charge in [-0.2, -0.15) is 0 Å². The molecule has 25 heavy (non-hydrogen) atoms. The van der Waals surface area contributed by atoms with Crippen molar-refractivity contribution in [3.05, 3.63) is 95.8 Å². The average molecular weight is 329 g/mol. The number of hydrogen-bond acceptors (Lipinski definition) is 4. The highest BCUT2D eigenvalue weighted by Crippen LogP contribution is 2.23. The Morgan fingerprint density at radius 2 is 1.60 bits per heavy atom. The third-order valence-electron chi connectivity index (χ3n) is 3.84. The molecule has 0 unspecified atom stereocenters. The average Bonchev–Trinajstić information content (AvgIpc) is 2.69. The third-order valence-corrected chi connectivity index (χ3v) is 3.84. The number of hydrogen-bond donors (Lipinski definition) is 2. The molecule has 124 valence electrons. The molecule has 0 fully saturated rings. The van der Waals surface area contributed by atoms with E-state index in [2.05, 4.69) is 4.98 Å². The second kappa shape index (κ2) is 7.93. The fourth-order valence-corrected chi connectivity index (χ4v) is 2.48. The molecule has 2 aromatic carbocycles. The normalized spacial score (nSPS) is 11.5. The smallest absolute Gasteiger partial charge is 0.119 e. The van der Waals surface area contributed by atoms with Crippen molar-refractivity contribution in [1.29, 1.82) is 5.41 Å². The lowest BCUT2D eigenvalue weighted by Gasteiger charge is -2.10. The number of allylic oxidation sites excluding steroid dienone is 1. The maximum atomic E-state index is 7.67. The van der Waals surface area contributed by atoms with Gasteiger partial charge in [-0.1, -0.05) is 30.3 Å². The quantitative estimate of drug-likeness (QED) is 0.668. The predicted octanol–water partition coefficient (Wildman–Crippen LogP) is 4.14. The van der Waals surface area contributed by atoms with Crippen LogP contribution in [0.3, 0.4) is 0 Å². The summed E-state index contributed by atoms with van der Waals surface area (Å²) in [6, 6.07) is 21.3. The summed E-state index contributed by atoms with van der Waals surface area (Å²) in [7, 11) is 0. The Kier molecular flexibility index (Phi) is 5.22. The van der Waals surface area contributed by atoms with E-state index in [1.165, 1.54) is 6.21 Å². The lowest BCUT2D eigenvalue weighted by molar-refractivity contribution is 0.306. The van der Waals surface area contributed by atoms with E-state index in [-0.39, 0.29) is 0 Å². The zero-order valence-corrected chi connectivity index (χ0v) is 13.7. The second-order valence-corrected chi connectivity index (χ2v) is 5.51. The Morgan fingerprint density at radius 1 is 0.920 bits per heavy atom. The fraction of sp³-hybridized carbons (Fsp3) is 0.0476. The van der Waals surface area contributed by atoms with Gasteiger partial charge in [0.15, 0.2) is 0 Å². The number of rotatable bonds is 6. The Morgan fingerprint density at radius 3 is 2.24 bits per heavy atom. The molecular weight excluding hydrogens is 310 g/mol. The number of nitrogens with zero attached hydrogens (tertiary/aromatic N) is 1. The minimum atomic E-state index is 0.522. The molecule has 0 spiro atoms. The van der Waals surface area contributed by atoms with Gasteiger partial charge in [-0.25, -0.2) is 0 Å². The van der Waals surface area contributed by atoms with Crippen LogP contribution in [0, 0.1) is 5.41 Å². The lowest BCUT2D eigenvalue weighted by atomic mass is 10.0. The monoisotopic (exact) mass is 329 g/mol. The highest BCUT2D eigenvalue weighted by Gasteiger charge is 2.07. The summed E-state index contributed by atoms with van der Waals surface area (Å²) in [4.78, 5) is 4.00. The van der Waals surface area contributed by atoms with Gasteiger partial charge in [0.05, 0.1) is 0 Å². The standard InChI is InChI=1S/C21H19N3O/c22-14-20(17-10-12-24-13-11-17)21(23)18-6-8-19(9-7-18)25-15-16-4-2-1-3-5-16/h1-14,22H,15,23H2. The van der Waals surface area contributed by atoms with Crippen molar-refractivity contribution >= 4 is 17.5 Å². The maximum absolute atomic E-state index is 7.67. The number of nitrogens with one attached hydrogen (secondary N) is 1. The summed E-state index contributed by atoms with van der Waals surface area (Å²) in [6.45, 7) is 0.522. The molecule has 0 amide bonds. The predicted molar refractivity (Wildman–Crippen MR) is 101 cm³/mol. The summed E-state index contributed by atoms with van der Waals surface area (Å²) in [5.74, 6) is 0.778. The molecule has 0 aliphatic carbocycles. The van der Waals surface area contributed by atoms with Crippen LogP contribution in [0.5, 0.6) is 5.75 Å². The van der Waals surface area contributed by atoms with Crippen molar-refractivity contribution < 1.29 is 4.74 Å². The van der Waals surface area contributed by atoms with E-state index in [4.69, 9.17) is 15.9 Å². The first kappa shape index (κ1) is 16.5. The first-order valence-electron chi connectivity index (χ1n) is 7.95. The number of nitrogens with two attached hydrogens (primary N) is 1. The van der Waals surface area contributed by atoms with Gasteiger partial charge in [-0.05, 0) is 53.1 Å². The fourth-order valence-electron chi connectivity index (χ4n) is 2.48. The number of ether oxygens (including phenoxy) is 1. The Balaban J connectivity index is 1.77. The van der Waals surface area contributed by atoms with Crippen LogP contribution < -0.4 is 10.5 Å². The summed E-state index contributed by atoms with van der Waals surface area (Å²) in [6.07, 6.45) is 4.64. The lowest BCUT2D eigenvalue weighted by Crippen LogP contribution is -2.03. The van der Waals surface area contributed by atoms with Crippen molar-refractivity contribution in [3.8, 4) is 5.75 Å². The molecule has 4 heteroatoms. The maximum Gasteiger partial charge on any atom is 0.119 e. The van der Waals surface area contributed by atoms with Crippen molar-refractivity contribution in [1.82, 2.24) is 4.98 Å². The molecule has 0 aliphatic rings. The summed E-state index contributed by atoms with van der Waals surface area (Å²) < 4.78 is 5.79. The van der Waals surface area contributed by atoms with Crippen LogP contribution in [0.1, 0.15) is 16.7 Å². The first-order chi connectivity index (χ1) is 12.3. The van der Waals surface area contributed by atoms with E-state index < -0.39 is 0 Å². The Bertz CT molecular complexity index is 857. The second-order valence-electron chi connectivity index (χ2n) is 5.51. The number of benzene rings is 2. The van der Waals surface area contributed by atoms with Gasteiger partial charge in [-0.3, -0.25) is 4.98 Å². The molecule has 0 atom stereocenters. The van der Waals surface area contributed by atoms with E-state index >= 15 is 0 Å². The first-order valence-corrected chi connectivity index (χ1v) is 7.95. The molecule has 0 saturated heterocycles. The molecule has 3 N–H and O–H groups in total. The molecule has 4 nitrogen and oxygen atoms in total. The molecule has 1 heterocycles. The molecule has 0 bridgehead atoms. The zero-order chi connectivity index (χ0) is 17.5. The van der Waals surface area contributed by atoms with Gasteiger partial charge in [0.25, 0.3) is 0 Å². The summed E-state index contributed by atoms with van der Waals surface area (Å²) in [5, 5.41) is 7.67. The largest absolute Gasteiger partial charge is 0.489 e. The van der Waals surface area contributed by atoms with E-state index in [9.17, 15) is 0 Å². The number of pyridine rings is 1. The SMILES string of the molecule is N=CC(=C(N)c1ccc(OCc2ccccc2)cc1)c1ccncc1. The number of aromatic nitrogens is 1. The van der Waals surface area contributed by atoms with Crippen LogP contribution in [0.15, 0.2) is 79.1 Å². The van der Waals surface area contributed by atoms with Gasteiger partial charge in [0.2, 0.25) is 0 Å². The Labute approximate surface area is 147 Å². The van der Waals surface area contributed by atoms with Crippen molar-refractivity contribution in [2.45, 2.75) is 6.61 Å². The van der Waals surface area contributed by atoms with E-state index in [1.807, 2.05) is 66.7 Å². The minimum Gasteiger partial charge on any atom is -0.489 e. The van der Waals surface area contributed by atoms with Gasteiger partial charge in [-0.15, -0.1) is 0 Å². The van der Waals surface area contributed by atoms with Crippen LogP contribution in [0.2, 0.25) is 0 Å². The van der Waals surface area contributed by atoms with E-state index in [1.54, 1.807) is 12.4 Å². The van der Waals surface area contributed by atoms with Crippen molar-refractivity contribution in [2.75, 3.05) is 0 Å². The summed E-state index contributed by atoms with van der Waals surface area (Å²) >= 11 is 0. The molecule has 0 radical (unpaired) electrons. The van der Waals surface area contributed by atoms with Crippen LogP contribution >= 0.6 is 0 Å². The van der Waals surface area contributed by atoms with E-state index in [0.29, 0.717) is 17.9 Å². The van der Waals surface area contributed by atoms with Gasteiger partial charge < -0.3 is 15.9 Å². The molecule has 3 rings (SSSR count). The van der Waals surface area contributed by atoms with Crippen LogP contribution in [0.4, 0.5) is 0 Å². The highest BCUT2D eigenvalue weighted by molar-refractivity contribution is 6.17. The van der Waals surface area contributed by atoms with Crippen molar-refractivity contribution in [3.63, 3.8) is 0 Å². The topological polar surface area (TPSA) is 72.0 Å². The summed E-state index contributed by atoms with van der Waals surface area (Å²) in [5.41, 5.74) is 10.3. The van der Waals surface area contributed by atoms with Gasteiger partial charge in [0.1, 0.15) is 12.4 Å². The van der Waals surface area contributed by atoms with Gasteiger partial charge >= 0.3 is 0 Å².